The lowest BCUT2D eigenvalue weighted by atomic mass is 9.93. The minimum Gasteiger partial charge on any atom is -0.462 e. The summed E-state index contributed by atoms with van der Waals surface area (Å²) in [4.78, 5) is 16.3. The van der Waals surface area contributed by atoms with Gasteiger partial charge < -0.3 is 29.9 Å². The third kappa shape index (κ3) is 5.68. The number of rotatable bonds is 10. The lowest BCUT2D eigenvalue weighted by molar-refractivity contribution is -0.149. The molecule has 5 N–H and O–H groups in total. The van der Waals surface area contributed by atoms with E-state index in [1.807, 2.05) is 0 Å². The number of carbonyl (C=O) groups is 1. The monoisotopic (exact) mass is 549 g/mol. The lowest BCUT2D eigenvalue weighted by Crippen LogP contribution is -2.40. The van der Waals surface area contributed by atoms with E-state index in [9.17, 15) is 19.6 Å². The standard InChI is InChI=1S/C24H32N5O8P/c1-14(2)35-23(32)15(3)28-38(33,37-16-8-6-5-7-9-16)34-12-18-20(30)21(31)24(4,36-18)19-11-10-17-22(25)26-13-27-29(17)19/h5-11,13-15,18,20-21,30-31H,12H2,1-4H3,(H,28,33)(H2,25,26,27)/t15-,18+,20+,21+,24-,38-/m0/s1. The number of carbonyl (C=O) groups excluding carboxylic acids is 1. The lowest BCUT2D eigenvalue weighted by Gasteiger charge is -2.27. The van der Waals surface area contributed by atoms with Crippen LogP contribution in [0.25, 0.3) is 5.52 Å². The Bertz CT molecular complexity index is 1320. The van der Waals surface area contributed by atoms with Crippen molar-refractivity contribution in [2.75, 3.05) is 12.3 Å². The van der Waals surface area contributed by atoms with Crippen LogP contribution in [0.1, 0.15) is 33.4 Å². The predicted molar refractivity (Wildman–Crippen MR) is 136 cm³/mol. The number of nitrogens with one attached hydrogen (secondary N) is 1. The minimum atomic E-state index is -4.21. The number of benzene rings is 1. The molecule has 13 nitrogen and oxygen atoms in total. The summed E-state index contributed by atoms with van der Waals surface area (Å²) in [5.74, 6) is -0.192. The van der Waals surface area contributed by atoms with Gasteiger partial charge in [0.2, 0.25) is 0 Å². The molecule has 3 aromatic rings. The first-order valence-electron chi connectivity index (χ1n) is 12.0. The molecule has 1 saturated heterocycles. The molecule has 0 amide bonds. The summed E-state index contributed by atoms with van der Waals surface area (Å²) in [6, 6.07) is 10.5. The van der Waals surface area contributed by atoms with E-state index in [1.165, 1.54) is 17.8 Å². The first-order valence-corrected chi connectivity index (χ1v) is 13.6. The van der Waals surface area contributed by atoms with Gasteiger partial charge in [0.1, 0.15) is 47.5 Å². The van der Waals surface area contributed by atoms with Crippen molar-refractivity contribution in [3.05, 3.63) is 54.5 Å². The van der Waals surface area contributed by atoms with Gasteiger partial charge in [-0.3, -0.25) is 9.32 Å². The van der Waals surface area contributed by atoms with Crippen molar-refractivity contribution in [1.82, 2.24) is 19.7 Å². The van der Waals surface area contributed by atoms with Crippen LogP contribution in [0.2, 0.25) is 0 Å². The number of fused-ring (bicyclic) bond motifs is 1. The molecule has 206 valence electrons. The number of aliphatic hydroxyl groups excluding tert-OH is 2. The van der Waals surface area contributed by atoms with Gasteiger partial charge in [0.05, 0.1) is 18.4 Å². The molecular formula is C24H32N5O8P. The van der Waals surface area contributed by atoms with E-state index in [0.717, 1.165) is 0 Å². The highest BCUT2D eigenvalue weighted by atomic mass is 31.2. The second-order valence-electron chi connectivity index (χ2n) is 9.39. The van der Waals surface area contributed by atoms with Crippen molar-refractivity contribution in [3.8, 4) is 5.75 Å². The average Bonchev–Trinajstić information content (AvgIpc) is 3.40. The molecular weight excluding hydrogens is 517 g/mol. The first-order chi connectivity index (χ1) is 17.9. The van der Waals surface area contributed by atoms with Gasteiger partial charge in [0.25, 0.3) is 0 Å². The maximum absolute atomic E-state index is 13.7. The smallest absolute Gasteiger partial charge is 0.459 e. The van der Waals surface area contributed by atoms with E-state index >= 15 is 0 Å². The molecule has 1 fully saturated rings. The Hall–Kier alpha value is -3.06. The van der Waals surface area contributed by atoms with Crippen LogP contribution >= 0.6 is 7.75 Å². The van der Waals surface area contributed by atoms with Crippen LogP contribution in [0.3, 0.4) is 0 Å². The van der Waals surface area contributed by atoms with Crippen LogP contribution in [0.4, 0.5) is 5.82 Å². The zero-order valence-corrected chi connectivity index (χ0v) is 22.3. The molecule has 4 rings (SSSR count). The molecule has 38 heavy (non-hydrogen) atoms. The molecule has 0 unspecified atom stereocenters. The van der Waals surface area contributed by atoms with Gasteiger partial charge >= 0.3 is 13.7 Å². The van der Waals surface area contributed by atoms with Crippen molar-refractivity contribution in [2.24, 2.45) is 0 Å². The predicted octanol–water partition coefficient (Wildman–Crippen LogP) is 1.78. The Morgan fingerprint density at radius 1 is 1.24 bits per heavy atom. The highest BCUT2D eigenvalue weighted by molar-refractivity contribution is 7.52. The fourth-order valence-electron chi connectivity index (χ4n) is 4.16. The first kappa shape index (κ1) is 28.0. The maximum Gasteiger partial charge on any atom is 0.459 e. The van der Waals surface area contributed by atoms with Gasteiger partial charge in [-0.05, 0) is 52.0 Å². The maximum atomic E-state index is 13.7. The van der Waals surface area contributed by atoms with E-state index in [1.54, 1.807) is 63.2 Å². The van der Waals surface area contributed by atoms with Crippen LogP contribution in [0.15, 0.2) is 48.8 Å². The van der Waals surface area contributed by atoms with Crippen LogP contribution in [0, 0.1) is 0 Å². The Balaban J connectivity index is 1.54. The van der Waals surface area contributed by atoms with Gasteiger partial charge in [0.15, 0.2) is 5.82 Å². The van der Waals surface area contributed by atoms with Crippen LogP contribution in [-0.2, 0) is 29.0 Å². The number of esters is 1. The summed E-state index contributed by atoms with van der Waals surface area (Å²) >= 11 is 0. The number of aliphatic hydroxyl groups is 2. The Morgan fingerprint density at radius 3 is 2.63 bits per heavy atom. The van der Waals surface area contributed by atoms with Crippen LogP contribution in [-0.4, -0.2) is 67.8 Å². The second-order valence-corrected chi connectivity index (χ2v) is 11.1. The second kappa shape index (κ2) is 11.0. The molecule has 3 heterocycles. The molecule has 14 heteroatoms. The largest absolute Gasteiger partial charge is 0.462 e. The zero-order chi connectivity index (χ0) is 27.7. The molecule has 0 bridgehead atoms. The van der Waals surface area contributed by atoms with Gasteiger partial charge in [-0.2, -0.15) is 10.2 Å². The molecule has 0 radical (unpaired) electrons. The number of anilines is 1. The third-order valence-electron chi connectivity index (χ3n) is 6.09. The Kier molecular flexibility index (Phi) is 8.07. The highest BCUT2D eigenvalue weighted by Crippen LogP contribution is 2.47. The van der Waals surface area contributed by atoms with Gasteiger partial charge in [-0.15, -0.1) is 0 Å². The number of aromatic nitrogens is 3. The summed E-state index contributed by atoms with van der Waals surface area (Å²) in [6.45, 7) is 5.98. The number of nitrogens with two attached hydrogens (primary N) is 1. The number of nitrogens with zero attached hydrogens (tertiary/aromatic N) is 3. The summed E-state index contributed by atoms with van der Waals surface area (Å²) in [6.07, 6.45) is -3.05. The van der Waals surface area contributed by atoms with Crippen molar-refractivity contribution in [2.45, 2.75) is 63.8 Å². The van der Waals surface area contributed by atoms with E-state index in [4.69, 9.17) is 24.3 Å². The molecule has 0 spiro atoms. The summed E-state index contributed by atoms with van der Waals surface area (Å²) < 4.78 is 37.7. The molecule has 0 saturated carbocycles. The van der Waals surface area contributed by atoms with Gasteiger partial charge in [-0.25, -0.2) is 14.1 Å². The van der Waals surface area contributed by atoms with Crippen molar-refractivity contribution in [1.29, 1.82) is 0 Å². The highest BCUT2D eigenvalue weighted by Gasteiger charge is 2.54. The summed E-state index contributed by atoms with van der Waals surface area (Å²) in [5.41, 5.74) is 5.41. The minimum absolute atomic E-state index is 0.224. The molecule has 0 aliphatic carbocycles. The van der Waals surface area contributed by atoms with E-state index in [0.29, 0.717) is 11.2 Å². The summed E-state index contributed by atoms with van der Waals surface area (Å²) in [5, 5.41) is 28.5. The average molecular weight is 550 g/mol. The Labute approximate surface area is 219 Å². The number of nitrogen functional groups attached to an aromatic ring is 1. The normalized spacial score (nSPS) is 25.8. The molecule has 1 aromatic carbocycles. The zero-order valence-electron chi connectivity index (χ0n) is 21.4. The number of hydrogen-bond acceptors (Lipinski definition) is 11. The van der Waals surface area contributed by atoms with Gasteiger partial charge in [-0.1, -0.05) is 18.2 Å². The van der Waals surface area contributed by atoms with E-state index in [2.05, 4.69) is 15.2 Å². The van der Waals surface area contributed by atoms with E-state index < -0.39 is 50.3 Å². The number of para-hydroxylation sites is 1. The quantitative estimate of drug-likeness (QED) is 0.213. The number of hydrogen-bond donors (Lipinski definition) is 4. The van der Waals surface area contributed by atoms with Crippen LogP contribution in [0.5, 0.6) is 5.75 Å². The topological polar surface area (TPSA) is 180 Å². The molecule has 2 aromatic heterocycles. The van der Waals surface area contributed by atoms with Gasteiger partial charge in [0, 0.05) is 0 Å². The molecule has 1 aliphatic heterocycles. The number of ether oxygens (including phenoxy) is 2. The fourth-order valence-corrected chi connectivity index (χ4v) is 5.66. The van der Waals surface area contributed by atoms with Crippen LogP contribution < -0.4 is 15.3 Å². The SMILES string of the molecule is CC(C)OC(=O)[C@H](C)N[P@](=O)(OC[C@H]1O[C@@](C)(c2ccc3c(N)ncnn23)[C@H](O)[C@@H]1O)Oc1ccccc1. The van der Waals surface area contributed by atoms with Crippen molar-refractivity contribution >= 4 is 25.1 Å². The van der Waals surface area contributed by atoms with Crippen molar-refractivity contribution in [3.63, 3.8) is 0 Å². The third-order valence-corrected chi connectivity index (χ3v) is 7.73. The Morgan fingerprint density at radius 2 is 1.95 bits per heavy atom. The van der Waals surface area contributed by atoms with E-state index in [-0.39, 0.29) is 17.7 Å². The van der Waals surface area contributed by atoms with Crippen molar-refractivity contribution < 1.29 is 38.1 Å². The summed E-state index contributed by atoms with van der Waals surface area (Å²) in [7, 11) is -4.21. The molecule has 1 aliphatic rings. The molecule has 6 atom stereocenters. The fraction of sp³-hybridized carbons (Fsp3) is 0.458.